The number of nitrogens with one attached hydrogen (secondary N) is 1. The van der Waals surface area contributed by atoms with Crippen molar-refractivity contribution in [1.29, 1.82) is 0 Å². The molecule has 0 aliphatic rings. The number of anilines is 1. The van der Waals surface area contributed by atoms with Crippen LogP contribution in [-0.4, -0.2) is 37.3 Å². The smallest absolute Gasteiger partial charge is 0.321 e. The van der Waals surface area contributed by atoms with Gasteiger partial charge >= 0.3 is 6.01 Å². The van der Waals surface area contributed by atoms with E-state index in [1.807, 2.05) is 37.6 Å². The second kappa shape index (κ2) is 9.34. The Kier molecular flexibility index (Phi) is 6.31. The van der Waals surface area contributed by atoms with Gasteiger partial charge in [-0.25, -0.2) is 14.1 Å². The molecule has 0 bridgehead atoms. The van der Waals surface area contributed by atoms with E-state index in [4.69, 9.17) is 9.47 Å². The summed E-state index contributed by atoms with van der Waals surface area (Å²) in [4.78, 5) is 21.4. The van der Waals surface area contributed by atoms with Crippen molar-refractivity contribution in [2.24, 2.45) is 0 Å². The fourth-order valence-corrected chi connectivity index (χ4v) is 3.35. The highest BCUT2D eigenvalue weighted by Gasteiger charge is 2.21. The lowest BCUT2D eigenvalue weighted by molar-refractivity contribution is 0.101. The molecular formula is C24H25FN6O3. The first-order chi connectivity index (χ1) is 16.2. The Morgan fingerprint density at radius 2 is 1.91 bits per heavy atom. The molecule has 0 aliphatic heterocycles. The summed E-state index contributed by atoms with van der Waals surface area (Å²) in [5, 5.41) is 7.10. The molecule has 176 valence electrons. The van der Waals surface area contributed by atoms with Crippen molar-refractivity contribution in [2.45, 2.75) is 33.7 Å². The van der Waals surface area contributed by atoms with E-state index >= 15 is 0 Å². The maximum absolute atomic E-state index is 13.4. The third-order valence-electron chi connectivity index (χ3n) is 5.06. The highest BCUT2D eigenvalue weighted by Crippen LogP contribution is 2.28. The van der Waals surface area contributed by atoms with E-state index < -0.39 is 5.91 Å². The van der Waals surface area contributed by atoms with Crippen molar-refractivity contribution in [3.8, 4) is 23.2 Å². The van der Waals surface area contributed by atoms with E-state index in [1.165, 1.54) is 22.9 Å². The molecule has 1 N–H and O–H groups in total. The van der Waals surface area contributed by atoms with Gasteiger partial charge in [0.1, 0.15) is 17.3 Å². The number of carbonyl (C=O) groups excluding carboxylic acids is 1. The molecular weight excluding hydrogens is 439 g/mol. The van der Waals surface area contributed by atoms with Crippen molar-refractivity contribution in [3.05, 3.63) is 71.8 Å². The van der Waals surface area contributed by atoms with E-state index in [9.17, 15) is 9.18 Å². The van der Waals surface area contributed by atoms with Crippen LogP contribution in [0, 0.1) is 19.7 Å². The van der Waals surface area contributed by atoms with Crippen molar-refractivity contribution >= 4 is 11.6 Å². The molecule has 1 amide bonds. The summed E-state index contributed by atoms with van der Waals surface area (Å²) in [5.74, 6) is 0.0642. The Labute approximate surface area is 196 Å². The fourth-order valence-electron chi connectivity index (χ4n) is 3.35. The van der Waals surface area contributed by atoms with Crippen LogP contribution < -0.4 is 14.8 Å². The minimum atomic E-state index is -0.506. The van der Waals surface area contributed by atoms with Gasteiger partial charge in [-0.3, -0.25) is 4.79 Å². The van der Waals surface area contributed by atoms with Gasteiger partial charge in [-0.2, -0.15) is 4.98 Å². The number of methoxy groups -OCH3 is 1. The SMILES string of the molecule is COc1cc(NC(=O)c2nc(Oc3ccc(F)cc3C)n(C(C)C)n2)ccc1-n1cnc(C)c1. The number of amides is 1. The Balaban J connectivity index is 1.58. The summed E-state index contributed by atoms with van der Waals surface area (Å²) in [6.45, 7) is 7.41. The van der Waals surface area contributed by atoms with Crippen LogP contribution in [0.3, 0.4) is 0 Å². The van der Waals surface area contributed by atoms with Crippen LogP contribution in [-0.2, 0) is 0 Å². The molecule has 0 radical (unpaired) electrons. The highest BCUT2D eigenvalue weighted by atomic mass is 19.1. The van der Waals surface area contributed by atoms with E-state index in [-0.39, 0.29) is 23.7 Å². The van der Waals surface area contributed by atoms with Gasteiger partial charge in [-0.1, -0.05) is 0 Å². The van der Waals surface area contributed by atoms with Crippen LogP contribution in [0.2, 0.25) is 0 Å². The number of hydrogen-bond acceptors (Lipinski definition) is 6. The summed E-state index contributed by atoms with van der Waals surface area (Å²) in [6, 6.07) is 9.47. The third kappa shape index (κ3) is 4.75. The first-order valence-electron chi connectivity index (χ1n) is 10.7. The predicted molar refractivity (Wildman–Crippen MR) is 124 cm³/mol. The van der Waals surface area contributed by atoms with Gasteiger partial charge in [-0.05, 0) is 63.6 Å². The van der Waals surface area contributed by atoms with Gasteiger partial charge in [0.2, 0.25) is 5.82 Å². The molecule has 0 spiro atoms. The molecule has 2 aromatic heterocycles. The van der Waals surface area contributed by atoms with E-state index in [2.05, 4.69) is 20.4 Å². The average molecular weight is 465 g/mol. The van der Waals surface area contributed by atoms with Gasteiger partial charge in [0.15, 0.2) is 0 Å². The number of imidazole rings is 1. The number of aryl methyl sites for hydroxylation is 2. The van der Waals surface area contributed by atoms with Gasteiger partial charge in [-0.15, -0.1) is 5.10 Å². The van der Waals surface area contributed by atoms with Gasteiger partial charge < -0.3 is 19.4 Å². The number of carbonyl (C=O) groups is 1. The first-order valence-corrected chi connectivity index (χ1v) is 10.7. The van der Waals surface area contributed by atoms with E-state index in [1.54, 1.807) is 32.5 Å². The number of aromatic nitrogens is 5. The van der Waals surface area contributed by atoms with Crippen LogP contribution in [0.25, 0.3) is 5.69 Å². The Hall–Kier alpha value is -4.21. The minimum absolute atomic E-state index is 0.0586. The monoisotopic (exact) mass is 464 g/mol. The van der Waals surface area contributed by atoms with E-state index in [0.717, 1.165) is 11.4 Å². The normalized spacial score (nSPS) is 11.0. The minimum Gasteiger partial charge on any atom is -0.494 e. The molecule has 0 saturated carbocycles. The number of benzene rings is 2. The van der Waals surface area contributed by atoms with Crippen molar-refractivity contribution < 1.29 is 18.7 Å². The molecule has 0 fully saturated rings. The Morgan fingerprint density at radius 3 is 2.56 bits per heavy atom. The molecule has 0 atom stereocenters. The van der Waals surface area contributed by atoms with Crippen LogP contribution in [0.15, 0.2) is 48.9 Å². The van der Waals surface area contributed by atoms with Crippen molar-refractivity contribution in [3.63, 3.8) is 0 Å². The fraction of sp³-hybridized carbons (Fsp3) is 0.250. The molecule has 0 aliphatic carbocycles. The van der Waals surface area contributed by atoms with Crippen molar-refractivity contribution in [1.82, 2.24) is 24.3 Å². The summed E-state index contributed by atoms with van der Waals surface area (Å²) in [7, 11) is 1.56. The zero-order valence-corrected chi connectivity index (χ0v) is 19.5. The van der Waals surface area contributed by atoms with Crippen LogP contribution >= 0.6 is 0 Å². The average Bonchev–Trinajstić information content (AvgIpc) is 3.42. The second-order valence-corrected chi connectivity index (χ2v) is 8.03. The lowest BCUT2D eigenvalue weighted by atomic mass is 10.2. The summed E-state index contributed by atoms with van der Waals surface area (Å²) in [5.41, 5.74) is 2.78. The molecule has 4 rings (SSSR count). The Bertz CT molecular complexity index is 1340. The van der Waals surface area contributed by atoms with Crippen LogP contribution in [0.4, 0.5) is 10.1 Å². The number of ether oxygens (including phenoxy) is 2. The number of halogens is 1. The molecule has 0 saturated heterocycles. The standard InChI is InChI=1S/C24H25FN6O3/c1-14(2)31-24(34-20-9-6-17(25)10-15(20)3)28-22(29-31)23(32)27-18-7-8-19(21(11-18)33-5)30-12-16(4)26-13-30/h6-14H,1-5H3,(H,27,32). The van der Waals surface area contributed by atoms with E-state index in [0.29, 0.717) is 22.7 Å². The molecule has 4 aromatic rings. The lowest BCUT2D eigenvalue weighted by Gasteiger charge is -2.11. The summed E-state index contributed by atoms with van der Waals surface area (Å²) >= 11 is 0. The number of nitrogens with zero attached hydrogens (tertiary/aromatic N) is 5. The van der Waals surface area contributed by atoms with Gasteiger partial charge in [0.25, 0.3) is 5.91 Å². The second-order valence-electron chi connectivity index (χ2n) is 8.03. The largest absolute Gasteiger partial charge is 0.494 e. The lowest BCUT2D eigenvalue weighted by Crippen LogP contribution is -2.15. The van der Waals surface area contributed by atoms with Gasteiger partial charge in [0, 0.05) is 18.0 Å². The third-order valence-corrected chi connectivity index (χ3v) is 5.06. The molecule has 2 aromatic carbocycles. The molecule has 9 nitrogen and oxygen atoms in total. The molecule has 2 heterocycles. The summed E-state index contributed by atoms with van der Waals surface area (Å²) < 4.78 is 28.1. The quantitative estimate of drug-likeness (QED) is 0.420. The van der Waals surface area contributed by atoms with Crippen molar-refractivity contribution in [2.75, 3.05) is 12.4 Å². The molecule has 0 unspecified atom stereocenters. The predicted octanol–water partition coefficient (Wildman–Crippen LogP) is 4.85. The first kappa shape index (κ1) is 23.0. The maximum Gasteiger partial charge on any atom is 0.321 e. The van der Waals surface area contributed by atoms with Gasteiger partial charge in [0.05, 0.1) is 30.9 Å². The highest BCUT2D eigenvalue weighted by molar-refractivity contribution is 6.01. The molecule has 10 heteroatoms. The number of hydrogen-bond donors (Lipinski definition) is 1. The maximum atomic E-state index is 13.4. The topological polar surface area (TPSA) is 96.1 Å². The zero-order valence-electron chi connectivity index (χ0n) is 19.5. The number of rotatable bonds is 7. The Morgan fingerprint density at radius 1 is 1.12 bits per heavy atom. The summed E-state index contributed by atoms with van der Waals surface area (Å²) in [6.07, 6.45) is 3.57. The molecule has 34 heavy (non-hydrogen) atoms. The van der Waals surface area contributed by atoms with Crippen LogP contribution in [0.5, 0.6) is 17.5 Å². The van der Waals surface area contributed by atoms with Crippen LogP contribution in [0.1, 0.15) is 41.8 Å². The zero-order chi connectivity index (χ0) is 24.4.